The highest BCUT2D eigenvalue weighted by Gasteiger charge is 2.18. The van der Waals surface area contributed by atoms with Gasteiger partial charge in [-0.25, -0.2) is 4.79 Å². The van der Waals surface area contributed by atoms with E-state index < -0.39 is 5.97 Å². The molecule has 0 bridgehead atoms. The maximum atomic E-state index is 11.2. The fourth-order valence-electron chi connectivity index (χ4n) is 2.17. The number of aromatic amines is 1. The summed E-state index contributed by atoms with van der Waals surface area (Å²) in [7, 11) is 0. The fourth-order valence-corrected chi connectivity index (χ4v) is 2.67. The van der Waals surface area contributed by atoms with Gasteiger partial charge in [0.1, 0.15) is 11.4 Å². The molecule has 3 N–H and O–H groups in total. The molecule has 106 valence electrons. The monoisotopic (exact) mass is 322 g/mol. The number of carboxylic acids is 1. The van der Waals surface area contributed by atoms with Crippen molar-refractivity contribution in [3.63, 3.8) is 0 Å². The molecule has 7 heteroatoms. The van der Waals surface area contributed by atoms with Crippen LogP contribution in [0.5, 0.6) is 5.75 Å². The fraction of sp³-hybridized carbons (Fsp3) is 0. The summed E-state index contributed by atoms with van der Waals surface area (Å²) < 4.78 is 0. The van der Waals surface area contributed by atoms with Crippen molar-refractivity contribution < 1.29 is 15.0 Å². The highest BCUT2D eigenvalue weighted by atomic mass is 35.5. The van der Waals surface area contributed by atoms with Crippen molar-refractivity contribution in [1.29, 1.82) is 0 Å². The van der Waals surface area contributed by atoms with E-state index in [2.05, 4.69) is 10.2 Å². The van der Waals surface area contributed by atoms with Gasteiger partial charge in [-0.2, -0.15) is 5.10 Å². The second-order valence-corrected chi connectivity index (χ2v) is 5.23. The Labute approximate surface area is 128 Å². The zero-order chi connectivity index (χ0) is 15.1. The van der Waals surface area contributed by atoms with Crippen molar-refractivity contribution in [3.05, 3.63) is 45.9 Å². The van der Waals surface area contributed by atoms with Gasteiger partial charge in [-0.3, -0.25) is 5.10 Å². The van der Waals surface area contributed by atoms with E-state index in [0.29, 0.717) is 27.2 Å². The molecule has 2 aromatic carbocycles. The minimum absolute atomic E-state index is 0.0962. The van der Waals surface area contributed by atoms with E-state index in [1.807, 2.05) is 0 Å². The van der Waals surface area contributed by atoms with Gasteiger partial charge in [0.05, 0.1) is 16.1 Å². The molecular formula is C14H8Cl2N2O3. The summed E-state index contributed by atoms with van der Waals surface area (Å²) in [4.78, 5) is 11.2. The molecule has 0 aliphatic carbocycles. The quantitative estimate of drug-likeness (QED) is 0.667. The van der Waals surface area contributed by atoms with E-state index in [-0.39, 0.29) is 16.3 Å². The lowest BCUT2D eigenvalue weighted by atomic mass is 10.0. The SMILES string of the molecule is O=C(O)c1cccc2c(-c3cc(Cl)cc(Cl)c3O)n[nH]c12. The Bertz CT molecular complexity index is 874. The van der Waals surface area contributed by atoms with Gasteiger partial charge in [0.15, 0.2) is 0 Å². The predicted molar refractivity (Wildman–Crippen MR) is 80.2 cm³/mol. The molecule has 3 rings (SSSR count). The molecule has 5 nitrogen and oxygen atoms in total. The number of aromatic carboxylic acids is 1. The molecule has 1 aromatic heterocycles. The highest BCUT2D eigenvalue weighted by molar-refractivity contribution is 6.36. The number of para-hydroxylation sites is 1. The topological polar surface area (TPSA) is 86.2 Å². The molecule has 3 aromatic rings. The molecule has 0 spiro atoms. The van der Waals surface area contributed by atoms with Gasteiger partial charge in [-0.15, -0.1) is 0 Å². The Balaban J connectivity index is 2.33. The molecule has 0 unspecified atom stereocenters. The van der Waals surface area contributed by atoms with Crippen molar-refractivity contribution in [2.45, 2.75) is 0 Å². The number of nitrogens with zero attached hydrogens (tertiary/aromatic N) is 1. The summed E-state index contributed by atoms with van der Waals surface area (Å²) in [6, 6.07) is 7.71. The minimum Gasteiger partial charge on any atom is -0.506 e. The van der Waals surface area contributed by atoms with Crippen molar-refractivity contribution in [2.24, 2.45) is 0 Å². The number of H-pyrrole nitrogens is 1. The molecule has 0 amide bonds. The van der Waals surface area contributed by atoms with Crippen LogP contribution < -0.4 is 0 Å². The van der Waals surface area contributed by atoms with Crippen LogP contribution in [-0.4, -0.2) is 26.4 Å². The van der Waals surface area contributed by atoms with Gasteiger partial charge in [-0.1, -0.05) is 35.3 Å². The Morgan fingerprint density at radius 1 is 1.24 bits per heavy atom. The van der Waals surface area contributed by atoms with E-state index in [1.54, 1.807) is 12.1 Å². The van der Waals surface area contributed by atoms with Crippen LogP contribution in [0.25, 0.3) is 22.2 Å². The van der Waals surface area contributed by atoms with Gasteiger partial charge in [0.25, 0.3) is 0 Å². The Morgan fingerprint density at radius 3 is 2.71 bits per heavy atom. The molecule has 0 saturated carbocycles. The lowest BCUT2D eigenvalue weighted by Crippen LogP contribution is -1.96. The number of phenolic OH excluding ortho intramolecular Hbond substituents is 1. The van der Waals surface area contributed by atoms with E-state index >= 15 is 0 Å². The van der Waals surface area contributed by atoms with E-state index in [1.165, 1.54) is 18.2 Å². The van der Waals surface area contributed by atoms with Crippen LogP contribution >= 0.6 is 23.2 Å². The molecule has 0 atom stereocenters. The first-order chi connectivity index (χ1) is 9.99. The summed E-state index contributed by atoms with van der Waals surface area (Å²) in [6.45, 7) is 0. The van der Waals surface area contributed by atoms with Crippen LogP contribution in [0.1, 0.15) is 10.4 Å². The lowest BCUT2D eigenvalue weighted by molar-refractivity contribution is 0.0699. The number of aromatic nitrogens is 2. The number of carbonyl (C=O) groups is 1. The second kappa shape index (κ2) is 4.95. The largest absolute Gasteiger partial charge is 0.506 e. The normalized spacial score (nSPS) is 11.0. The molecule has 0 saturated heterocycles. The number of aromatic hydroxyl groups is 1. The van der Waals surface area contributed by atoms with Crippen LogP contribution in [0.3, 0.4) is 0 Å². The van der Waals surface area contributed by atoms with Crippen LogP contribution in [-0.2, 0) is 0 Å². The Morgan fingerprint density at radius 2 is 2.00 bits per heavy atom. The van der Waals surface area contributed by atoms with Gasteiger partial charge >= 0.3 is 5.97 Å². The number of benzene rings is 2. The molecule has 21 heavy (non-hydrogen) atoms. The molecule has 1 heterocycles. The number of nitrogens with one attached hydrogen (secondary N) is 1. The Kier molecular flexibility index (Phi) is 3.23. The highest BCUT2D eigenvalue weighted by Crippen LogP contribution is 2.39. The maximum Gasteiger partial charge on any atom is 0.337 e. The van der Waals surface area contributed by atoms with Crippen molar-refractivity contribution in [3.8, 4) is 17.0 Å². The van der Waals surface area contributed by atoms with Crippen LogP contribution in [0.4, 0.5) is 0 Å². The van der Waals surface area contributed by atoms with Crippen LogP contribution in [0, 0.1) is 0 Å². The predicted octanol–water partition coefficient (Wildman–Crippen LogP) is 3.94. The van der Waals surface area contributed by atoms with E-state index in [9.17, 15) is 9.90 Å². The van der Waals surface area contributed by atoms with Gasteiger partial charge in [-0.05, 0) is 18.2 Å². The van der Waals surface area contributed by atoms with Crippen LogP contribution in [0.2, 0.25) is 10.0 Å². The van der Waals surface area contributed by atoms with Gasteiger partial charge in [0.2, 0.25) is 0 Å². The average Bonchev–Trinajstić information content (AvgIpc) is 2.86. The summed E-state index contributed by atoms with van der Waals surface area (Å²) in [5.74, 6) is -1.22. The number of halogens is 2. The number of hydrogen-bond donors (Lipinski definition) is 3. The zero-order valence-corrected chi connectivity index (χ0v) is 11.9. The Hall–Kier alpha value is -2.24. The standard InChI is InChI=1S/C14H8Cl2N2O3/c15-6-4-9(13(19)10(16)5-6)12-7-2-1-3-8(14(20)21)11(7)17-18-12/h1-5,19H,(H,17,18)(H,20,21). The summed E-state index contributed by atoms with van der Waals surface area (Å²) in [5.41, 5.74) is 1.19. The van der Waals surface area contributed by atoms with Crippen molar-refractivity contribution >= 4 is 40.1 Å². The minimum atomic E-state index is -1.07. The number of hydrogen-bond acceptors (Lipinski definition) is 3. The summed E-state index contributed by atoms with van der Waals surface area (Å²) in [6.07, 6.45) is 0. The second-order valence-electron chi connectivity index (χ2n) is 4.39. The molecular weight excluding hydrogens is 315 g/mol. The third-order valence-corrected chi connectivity index (χ3v) is 3.62. The lowest BCUT2D eigenvalue weighted by Gasteiger charge is -2.05. The summed E-state index contributed by atoms with van der Waals surface area (Å²) in [5, 5.41) is 27.0. The molecule has 0 aliphatic heterocycles. The summed E-state index contributed by atoms with van der Waals surface area (Å²) >= 11 is 11.8. The molecule has 0 aliphatic rings. The van der Waals surface area contributed by atoms with Crippen LogP contribution in [0.15, 0.2) is 30.3 Å². The third kappa shape index (κ3) is 2.20. The van der Waals surface area contributed by atoms with Crippen molar-refractivity contribution in [1.82, 2.24) is 10.2 Å². The first-order valence-corrected chi connectivity index (χ1v) is 6.63. The molecule has 0 radical (unpaired) electrons. The number of phenols is 1. The van der Waals surface area contributed by atoms with E-state index in [0.717, 1.165) is 0 Å². The first kappa shape index (κ1) is 13.7. The first-order valence-electron chi connectivity index (χ1n) is 5.88. The third-order valence-electron chi connectivity index (χ3n) is 3.11. The number of fused-ring (bicyclic) bond motifs is 1. The zero-order valence-electron chi connectivity index (χ0n) is 10.4. The molecule has 0 fully saturated rings. The van der Waals surface area contributed by atoms with Gasteiger partial charge < -0.3 is 10.2 Å². The average molecular weight is 323 g/mol. The number of carboxylic acid groups (broad SMARTS) is 1. The smallest absolute Gasteiger partial charge is 0.337 e. The van der Waals surface area contributed by atoms with E-state index in [4.69, 9.17) is 28.3 Å². The van der Waals surface area contributed by atoms with Gasteiger partial charge in [0, 0.05) is 16.0 Å². The van der Waals surface area contributed by atoms with Crippen molar-refractivity contribution in [2.75, 3.05) is 0 Å². The number of rotatable bonds is 2. The maximum absolute atomic E-state index is 11.2.